The Hall–Kier alpha value is -4.97. The number of methoxy groups -OCH3 is 1. The number of rotatable bonds is 6. The Labute approximate surface area is 231 Å². The van der Waals surface area contributed by atoms with E-state index in [1.54, 1.807) is 42.7 Å². The second kappa shape index (κ2) is 10.7. The highest BCUT2D eigenvalue weighted by Gasteiger charge is 2.37. The normalized spacial score (nSPS) is 17.8. The number of para-hydroxylation sites is 1. The Morgan fingerprint density at radius 1 is 1.20 bits per heavy atom. The number of imidazole rings is 2. The summed E-state index contributed by atoms with van der Waals surface area (Å²) >= 11 is 0. The summed E-state index contributed by atoms with van der Waals surface area (Å²) in [5.41, 5.74) is 4.03. The summed E-state index contributed by atoms with van der Waals surface area (Å²) in [7, 11) is 1.62. The molecule has 2 unspecified atom stereocenters. The quantitative estimate of drug-likeness (QED) is 0.359. The predicted molar refractivity (Wildman–Crippen MR) is 147 cm³/mol. The minimum atomic E-state index is -0.518. The molecule has 2 aliphatic rings. The Kier molecular flexibility index (Phi) is 6.74. The van der Waals surface area contributed by atoms with E-state index in [1.165, 1.54) is 6.08 Å². The predicted octanol–water partition coefficient (Wildman–Crippen LogP) is 4.67. The molecular weight excluding hydrogens is 507 g/mol. The monoisotopic (exact) mass is 534 g/mol. The number of hydrogen-bond acceptors (Lipinski definition) is 5. The smallest absolute Gasteiger partial charge is 0.243 e. The largest absolute Gasteiger partial charge is 0.496 e. The third-order valence-corrected chi connectivity index (χ3v) is 7.53. The number of benzene rings is 2. The van der Waals surface area contributed by atoms with Gasteiger partial charge in [0.2, 0.25) is 5.91 Å². The maximum Gasteiger partial charge on any atom is 0.243 e. The first-order valence-corrected chi connectivity index (χ1v) is 13.0. The first-order chi connectivity index (χ1) is 19.5. The molecular formula is C31H27FN6O2. The molecule has 8 nitrogen and oxygen atoms in total. The van der Waals surface area contributed by atoms with Crippen LogP contribution in [-0.2, 0) is 30.8 Å². The van der Waals surface area contributed by atoms with Crippen LogP contribution in [0.5, 0.6) is 5.75 Å². The average Bonchev–Trinajstić information content (AvgIpc) is 3.55. The lowest BCUT2D eigenvalue weighted by Gasteiger charge is -2.33. The van der Waals surface area contributed by atoms with Crippen molar-refractivity contribution in [3.63, 3.8) is 0 Å². The lowest BCUT2D eigenvalue weighted by Crippen LogP contribution is -2.44. The Bertz CT molecular complexity index is 1660. The molecule has 3 heterocycles. The van der Waals surface area contributed by atoms with E-state index in [1.807, 2.05) is 57.8 Å². The molecule has 40 heavy (non-hydrogen) atoms. The molecule has 6 rings (SSSR count). The minimum Gasteiger partial charge on any atom is -0.496 e. The number of allylic oxidation sites excluding steroid dienone is 2. The second-order valence-corrected chi connectivity index (χ2v) is 9.95. The van der Waals surface area contributed by atoms with Gasteiger partial charge in [0.1, 0.15) is 23.9 Å². The van der Waals surface area contributed by atoms with Gasteiger partial charge in [-0.05, 0) is 35.9 Å². The SMILES string of the molecule is COc1ccccc1-c1cn2c(n1)CN(C(=O)Cn1cncc1Cc1ccc(C#N)cc1)C1C=CC=C(F)C1C2. The number of nitriles is 1. The van der Waals surface area contributed by atoms with Gasteiger partial charge in [0, 0.05) is 36.6 Å². The topological polar surface area (TPSA) is 89.0 Å². The minimum absolute atomic E-state index is 0.0636. The summed E-state index contributed by atoms with van der Waals surface area (Å²) in [6.45, 7) is 0.675. The van der Waals surface area contributed by atoms with Crippen molar-refractivity contribution >= 4 is 5.91 Å². The van der Waals surface area contributed by atoms with Crippen LogP contribution in [0.2, 0.25) is 0 Å². The van der Waals surface area contributed by atoms with Crippen LogP contribution < -0.4 is 4.74 Å². The van der Waals surface area contributed by atoms with Gasteiger partial charge >= 0.3 is 0 Å². The summed E-state index contributed by atoms with van der Waals surface area (Å²) in [5.74, 6) is 0.464. The molecule has 0 spiro atoms. The highest BCUT2D eigenvalue weighted by Crippen LogP contribution is 2.35. The van der Waals surface area contributed by atoms with Crippen molar-refractivity contribution in [3.05, 3.63) is 114 Å². The summed E-state index contributed by atoms with van der Waals surface area (Å²) in [6.07, 6.45) is 10.9. The first-order valence-electron chi connectivity index (χ1n) is 13.0. The maximum absolute atomic E-state index is 15.2. The van der Waals surface area contributed by atoms with Gasteiger partial charge in [-0.15, -0.1) is 0 Å². The van der Waals surface area contributed by atoms with Crippen molar-refractivity contribution in [1.29, 1.82) is 5.26 Å². The summed E-state index contributed by atoms with van der Waals surface area (Å²) in [5, 5.41) is 9.07. The van der Waals surface area contributed by atoms with Crippen molar-refractivity contribution in [2.75, 3.05) is 7.11 Å². The Balaban J connectivity index is 1.29. The van der Waals surface area contributed by atoms with Crippen LogP contribution in [0.1, 0.15) is 22.6 Å². The molecule has 2 atom stereocenters. The molecule has 9 heteroatoms. The number of fused-ring (bicyclic) bond motifs is 2. The summed E-state index contributed by atoms with van der Waals surface area (Å²) in [4.78, 5) is 24.7. The van der Waals surface area contributed by atoms with Crippen molar-refractivity contribution < 1.29 is 13.9 Å². The van der Waals surface area contributed by atoms with Crippen LogP contribution in [0.3, 0.4) is 0 Å². The molecule has 200 valence electrons. The molecule has 1 amide bonds. The average molecular weight is 535 g/mol. The van der Waals surface area contributed by atoms with E-state index < -0.39 is 12.0 Å². The second-order valence-electron chi connectivity index (χ2n) is 9.95. The van der Waals surface area contributed by atoms with Crippen LogP contribution >= 0.6 is 0 Å². The van der Waals surface area contributed by atoms with Crippen molar-refractivity contribution in [3.8, 4) is 23.1 Å². The number of hydrogen-bond donors (Lipinski definition) is 0. The van der Waals surface area contributed by atoms with Crippen molar-refractivity contribution in [2.45, 2.75) is 32.1 Å². The van der Waals surface area contributed by atoms with E-state index in [-0.39, 0.29) is 24.8 Å². The molecule has 2 aromatic heterocycles. The van der Waals surface area contributed by atoms with Gasteiger partial charge < -0.3 is 18.8 Å². The van der Waals surface area contributed by atoms with E-state index in [9.17, 15) is 4.79 Å². The molecule has 0 N–H and O–H groups in total. The Morgan fingerprint density at radius 2 is 2.02 bits per heavy atom. The van der Waals surface area contributed by atoms with E-state index in [2.05, 4.69) is 11.1 Å². The number of ether oxygens (including phenoxy) is 1. The van der Waals surface area contributed by atoms with E-state index >= 15 is 4.39 Å². The molecule has 0 saturated carbocycles. The van der Waals surface area contributed by atoms with Gasteiger partial charge in [-0.3, -0.25) is 4.79 Å². The van der Waals surface area contributed by atoms with Gasteiger partial charge in [-0.1, -0.05) is 36.4 Å². The van der Waals surface area contributed by atoms with E-state index in [0.29, 0.717) is 35.8 Å². The number of aromatic nitrogens is 4. The van der Waals surface area contributed by atoms with Crippen LogP contribution in [0, 0.1) is 17.2 Å². The third-order valence-electron chi connectivity index (χ3n) is 7.53. The number of carbonyl (C=O) groups excluding carboxylic acids is 1. The zero-order valence-electron chi connectivity index (χ0n) is 21.9. The van der Waals surface area contributed by atoms with Crippen LogP contribution in [-0.4, -0.2) is 43.1 Å². The fourth-order valence-electron chi connectivity index (χ4n) is 5.43. The fourth-order valence-corrected chi connectivity index (χ4v) is 5.43. The summed E-state index contributed by atoms with van der Waals surface area (Å²) in [6, 6.07) is 16.7. The number of halogens is 1. The van der Waals surface area contributed by atoms with E-state index in [4.69, 9.17) is 15.0 Å². The third kappa shape index (κ3) is 4.80. The molecule has 1 aliphatic carbocycles. The zero-order valence-corrected chi connectivity index (χ0v) is 21.9. The van der Waals surface area contributed by atoms with Gasteiger partial charge in [0.15, 0.2) is 0 Å². The molecule has 0 radical (unpaired) electrons. The van der Waals surface area contributed by atoms with Gasteiger partial charge in [-0.25, -0.2) is 14.4 Å². The molecule has 0 bridgehead atoms. The molecule has 2 aromatic carbocycles. The number of nitrogens with zero attached hydrogens (tertiary/aromatic N) is 6. The number of amides is 1. The highest BCUT2D eigenvalue weighted by atomic mass is 19.1. The van der Waals surface area contributed by atoms with Crippen LogP contribution in [0.4, 0.5) is 4.39 Å². The van der Waals surface area contributed by atoms with Gasteiger partial charge in [0.25, 0.3) is 0 Å². The lowest BCUT2D eigenvalue weighted by atomic mass is 9.92. The highest BCUT2D eigenvalue weighted by molar-refractivity contribution is 5.77. The van der Waals surface area contributed by atoms with E-state index in [0.717, 1.165) is 16.8 Å². The lowest BCUT2D eigenvalue weighted by molar-refractivity contribution is -0.134. The standard InChI is InChI=1S/C31H27FN6O2/c1-40-29-8-3-2-5-24(29)27-17-36-16-25-26(32)6-4-7-28(25)38(18-30(36)35-27)31(39)19-37-20-34-15-23(37)13-21-9-11-22(14-33)12-10-21/h2-12,15,17,20,25,28H,13,16,18-19H2,1H3. The maximum atomic E-state index is 15.2. The fraction of sp³-hybridized carbons (Fsp3) is 0.226. The molecule has 0 fully saturated rings. The van der Waals surface area contributed by atoms with Gasteiger partial charge in [0.05, 0.1) is 49.3 Å². The van der Waals surface area contributed by atoms with Crippen molar-refractivity contribution in [1.82, 2.24) is 24.0 Å². The Morgan fingerprint density at radius 3 is 2.83 bits per heavy atom. The summed E-state index contributed by atoms with van der Waals surface area (Å²) < 4.78 is 24.5. The van der Waals surface area contributed by atoms with Gasteiger partial charge in [-0.2, -0.15) is 5.26 Å². The van der Waals surface area contributed by atoms with Crippen LogP contribution in [0.15, 0.2) is 91.3 Å². The zero-order chi connectivity index (χ0) is 27.6. The van der Waals surface area contributed by atoms with Crippen LogP contribution in [0.25, 0.3) is 11.3 Å². The molecule has 0 saturated heterocycles. The van der Waals surface area contributed by atoms with Crippen molar-refractivity contribution in [2.24, 2.45) is 5.92 Å². The molecule has 4 aromatic rings. The first kappa shape index (κ1) is 25.3. The number of carbonyl (C=O) groups is 1. The molecule has 1 aliphatic heterocycles.